The van der Waals surface area contributed by atoms with E-state index < -0.39 is 0 Å². The summed E-state index contributed by atoms with van der Waals surface area (Å²) in [5.41, 5.74) is 8.06. The van der Waals surface area contributed by atoms with E-state index in [1.165, 1.54) is 11.3 Å². The lowest BCUT2D eigenvalue weighted by Crippen LogP contribution is -2.22. The molecule has 0 aliphatic heterocycles. The van der Waals surface area contributed by atoms with Crippen molar-refractivity contribution in [2.45, 2.75) is 27.2 Å². The summed E-state index contributed by atoms with van der Waals surface area (Å²) in [5, 5.41) is 3.10. The van der Waals surface area contributed by atoms with E-state index >= 15 is 0 Å². The number of aryl methyl sites for hydroxylation is 1. The van der Waals surface area contributed by atoms with E-state index in [1.807, 2.05) is 23.9 Å². The molecule has 0 unspecified atom stereocenters. The molecule has 0 saturated heterocycles. The zero-order valence-corrected chi connectivity index (χ0v) is 15.7. The number of anilines is 1. The summed E-state index contributed by atoms with van der Waals surface area (Å²) in [6.07, 6.45) is 1.08. The number of aliphatic imine (C=N–C) groups is 1. The van der Waals surface area contributed by atoms with Gasteiger partial charge in [-0.15, -0.1) is 24.0 Å². The second-order valence-electron chi connectivity index (χ2n) is 5.08. The van der Waals surface area contributed by atoms with Crippen LogP contribution in [0.4, 0.5) is 5.69 Å². The Bertz CT molecular complexity index is 391. The van der Waals surface area contributed by atoms with Gasteiger partial charge in [-0.05, 0) is 42.9 Å². The summed E-state index contributed by atoms with van der Waals surface area (Å²) in [5.74, 6) is 3.64. The number of nitrogens with two attached hydrogens (primary N) is 1. The van der Waals surface area contributed by atoms with Crippen molar-refractivity contribution >= 4 is 47.4 Å². The van der Waals surface area contributed by atoms with Crippen LogP contribution in [-0.2, 0) is 0 Å². The summed E-state index contributed by atoms with van der Waals surface area (Å²) in [6.45, 7) is 7.34. The second kappa shape index (κ2) is 11.3. The number of rotatable bonds is 7. The largest absolute Gasteiger partial charge is 0.370 e. The Hall–Kier alpha value is -0.430. The molecule has 20 heavy (non-hydrogen) atoms. The molecule has 3 nitrogen and oxygen atoms in total. The summed E-state index contributed by atoms with van der Waals surface area (Å²) in [7, 11) is 0. The minimum Gasteiger partial charge on any atom is -0.370 e. The lowest BCUT2D eigenvalue weighted by molar-refractivity contribution is 0.749. The normalized spacial score (nSPS) is 11.3. The van der Waals surface area contributed by atoms with Gasteiger partial charge in [0.2, 0.25) is 0 Å². The van der Waals surface area contributed by atoms with Crippen LogP contribution in [-0.4, -0.2) is 24.0 Å². The van der Waals surface area contributed by atoms with Crippen LogP contribution in [0.3, 0.4) is 0 Å². The zero-order valence-electron chi connectivity index (χ0n) is 12.6. The van der Waals surface area contributed by atoms with Gasteiger partial charge in [-0.1, -0.05) is 31.5 Å². The topological polar surface area (TPSA) is 50.4 Å². The fraction of sp³-hybridized carbons (Fsp3) is 0.533. The van der Waals surface area contributed by atoms with Gasteiger partial charge in [0.25, 0.3) is 0 Å². The smallest absolute Gasteiger partial charge is 0.193 e. The summed E-state index contributed by atoms with van der Waals surface area (Å²) >= 11 is 1.99. The van der Waals surface area contributed by atoms with Crippen LogP contribution >= 0.6 is 35.7 Å². The number of guanidine groups is 1. The Morgan fingerprint density at radius 3 is 2.55 bits per heavy atom. The highest BCUT2D eigenvalue weighted by Gasteiger charge is 1.96. The van der Waals surface area contributed by atoms with Crippen molar-refractivity contribution in [3.8, 4) is 0 Å². The first kappa shape index (κ1) is 19.6. The Morgan fingerprint density at radius 2 is 1.95 bits per heavy atom. The van der Waals surface area contributed by atoms with Crippen molar-refractivity contribution in [1.82, 2.24) is 0 Å². The third kappa shape index (κ3) is 9.47. The highest BCUT2D eigenvalue weighted by Crippen LogP contribution is 2.09. The zero-order chi connectivity index (χ0) is 14.1. The minimum atomic E-state index is 0. The fourth-order valence-corrected chi connectivity index (χ4v) is 2.48. The predicted octanol–water partition coefficient (Wildman–Crippen LogP) is 4.12. The van der Waals surface area contributed by atoms with Gasteiger partial charge in [-0.25, -0.2) is 0 Å². The van der Waals surface area contributed by atoms with E-state index in [2.05, 4.69) is 43.2 Å². The first-order valence-corrected chi connectivity index (χ1v) is 7.94. The molecule has 0 aliphatic carbocycles. The van der Waals surface area contributed by atoms with Gasteiger partial charge in [-0.3, -0.25) is 4.99 Å². The molecule has 114 valence electrons. The Balaban J connectivity index is 0.00000361. The fourth-order valence-electron chi connectivity index (χ4n) is 1.51. The number of hydrogen-bond acceptors (Lipinski definition) is 2. The van der Waals surface area contributed by atoms with Gasteiger partial charge < -0.3 is 11.1 Å². The van der Waals surface area contributed by atoms with Gasteiger partial charge in [0.1, 0.15) is 0 Å². The average molecular weight is 407 g/mol. The van der Waals surface area contributed by atoms with Crippen LogP contribution in [0.15, 0.2) is 29.3 Å². The number of benzene rings is 1. The molecule has 3 N–H and O–H groups in total. The lowest BCUT2D eigenvalue weighted by Gasteiger charge is -2.06. The monoisotopic (exact) mass is 407 g/mol. The van der Waals surface area contributed by atoms with Crippen LogP contribution < -0.4 is 11.1 Å². The molecular weight excluding hydrogens is 381 g/mol. The van der Waals surface area contributed by atoms with E-state index in [0.29, 0.717) is 5.96 Å². The van der Waals surface area contributed by atoms with E-state index in [1.54, 1.807) is 0 Å². The number of thioether (sulfide) groups is 1. The van der Waals surface area contributed by atoms with Crippen molar-refractivity contribution in [2.24, 2.45) is 16.6 Å². The standard InChI is InChI=1S/C15H25N3S.HI/c1-12(2)11-19-10-4-9-17-15(16)18-14-7-5-13(3)6-8-14;/h5-8,12H,4,9-11H2,1-3H3,(H3,16,17,18);1H. The minimum absolute atomic E-state index is 0. The Labute approximate surface area is 144 Å². The Kier molecular flexibility index (Phi) is 11.0. The van der Waals surface area contributed by atoms with Gasteiger partial charge in [0.15, 0.2) is 5.96 Å². The third-order valence-corrected chi connectivity index (χ3v) is 3.98. The van der Waals surface area contributed by atoms with Crippen LogP contribution in [0.25, 0.3) is 0 Å². The van der Waals surface area contributed by atoms with Gasteiger partial charge in [0, 0.05) is 12.2 Å². The van der Waals surface area contributed by atoms with Crippen molar-refractivity contribution in [3.63, 3.8) is 0 Å². The van der Waals surface area contributed by atoms with Crippen LogP contribution in [0.5, 0.6) is 0 Å². The number of halogens is 1. The Morgan fingerprint density at radius 1 is 1.30 bits per heavy atom. The molecule has 5 heteroatoms. The summed E-state index contributed by atoms with van der Waals surface area (Å²) < 4.78 is 0. The number of nitrogens with zero attached hydrogens (tertiary/aromatic N) is 1. The molecule has 0 saturated carbocycles. The molecular formula is C15H26IN3S. The highest BCUT2D eigenvalue weighted by atomic mass is 127. The number of nitrogens with one attached hydrogen (secondary N) is 1. The average Bonchev–Trinajstić information content (AvgIpc) is 2.36. The second-order valence-corrected chi connectivity index (χ2v) is 6.23. The maximum atomic E-state index is 5.84. The highest BCUT2D eigenvalue weighted by molar-refractivity contribution is 14.0. The molecule has 1 rings (SSSR count). The molecule has 0 aromatic heterocycles. The van der Waals surface area contributed by atoms with E-state index in [0.717, 1.165) is 30.3 Å². The van der Waals surface area contributed by atoms with Gasteiger partial charge in [-0.2, -0.15) is 11.8 Å². The van der Waals surface area contributed by atoms with Gasteiger partial charge >= 0.3 is 0 Å². The maximum Gasteiger partial charge on any atom is 0.193 e. The molecule has 0 fully saturated rings. The lowest BCUT2D eigenvalue weighted by atomic mass is 10.2. The molecule has 0 amide bonds. The summed E-state index contributed by atoms with van der Waals surface area (Å²) in [6, 6.07) is 8.13. The quantitative estimate of drug-likeness (QED) is 0.310. The van der Waals surface area contributed by atoms with Crippen molar-refractivity contribution in [3.05, 3.63) is 29.8 Å². The molecule has 0 aliphatic rings. The van der Waals surface area contributed by atoms with Crippen LogP contribution in [0, 0.1) is 12.8 Å². The van der Waals surface area contributed by atoms with Gasteiger partial charge in [0.05, 0.1) is 0 Å². The van der Waals surface area contributed by atoms with E-state index in [9.17, 15) is 0 Å². The van der Waals surface area contributed by atoms with E-state index in [4.69, 9.17) is 5.73 Å². The SMILES string of the molecule is Cc1ccc(NC(N)=NCCCSCC(C)C)cc1.I. The maximum absolute atomic E-state index is 5.84. The van der Waals surface area contributed by atoms with Crippen LogP contribution in [0.2, 0.25) is 0 Å². The first-order valence-electron chi connectivity index (χ1n) is 6.79. The van der Waals surface area contributed by atoms with Crippen molar-refractivity contribution in [1.29, 1.82) is 0 Å². The van der Waals surface area contributed by atoms with Crippen molar-refractivity contribution in [2.75, 3.05) is 23.4 Å². The molecule has 0 heterocycles. The molecule has 1 aromatic carbocycles. The molecule has 0 spiro atoms. The van der Waals surface area contributed by atoms with Crippen molar-refractivity contribution < 1.29 is 0 Å². The third-order valence-electron chi connectivity index (χ3n) is 2.50. The molecule has 0 atom stereocenters. The summed E-state index contributed by atoms with van der Waals surface area (Å²) in [4.78, 5) is 4.33. The van der Waals surface area contributed by atoms with E-state index in [-0.39, 0.29) is 24.0 Å². The predicted molar refractivity (Wildman–Crippen MR) is 103 cm³/mol. The molecule has 0 radical (unpaired) electrons. The molecule has 0 bridgehead atoms. The van der Waals surface area contributed by atoms with Crippen LogP contribution in [0.1, 0.15) is 25.8 Å². The number of hydrogen-bond donors (Lipinski definition) is 2. The first-order chi connectivity index (χ1) is 9.08. The molecule has 1 aromatic rings.